The van der Waals surface area contributed by atoms with Crippen molar-refractivity contribution in [2.24, 2.45) is 5.92 Å². The van der Waals surface area contributed by atoms with E-state index in [1.54, 1.807) is 12.1 Å². The lowest BCUT2D eigenvalue weighted by atomic mass is 9.79. The molecule has 1 heterocycles. The molecule has 3 rings (SSSR count). The van der Waals surface area contributed by atoms with Crippen molar-refractivity contribution in [1.82, 2.24) is 4.90 Å². The summed E-state index contributed by atoms with van der Waals surface area (Å²) in [6.45, 7) is 1.80. The molecule has 0 N–H and O–H groups in total. The van der Waals surface area contributed by atoms with Crippen molar-refractivity contribution >= 4 is 5.78 Å². The number of likely N-dealkylation sites (tertiary alicyclic amines) is 1. The second kappa shape index (κ2) is 6.69. The predicted molar refractivity (Wildman–Crippen MR) is 81.4 cm³/mol. The van der Waals surface area contributed by atoms with Crippen molar-refractivity contribution in [2.75, 3.05) is 6.54 Å². The molecule has 2 aliphatic rings. The van der Waals surface area contributed by atoms with Crippen LogP contribution in [0.1, 0.15) is 50.5 Å². The second-order valence-corrected chi connectivity index (χ2v) is 6.48. The molecule has 1 saturated carbocycles. The summed E-state index contributed by atoms with van der Waals surface area (Å²) >= 11 is 0. The van der Waals surface area contributed by atoms with Crippen molar-refractivity contribution < 1.29 is 9.18 Å². The average Bonchev–Trinajstić information content (AvgIpc) is 2.49. The first-order valence-corrected chi connectivity index (χ1v) is 8.25. The number of hydrogen-bond acceptors (Lipinski definition) is 2. The van der Waals surface area contributed by atoms with Crippen LogP contribution in [0.15, 0.2) is 24.3 Å². The van der Waals surface area contributed by atoms with Gasteiger partial charge in [0, 0.05) is 24.9 Å². The van der Waals surface area contributed by atoms with Crippen molar-refractivity contribution in [3.05, 3.63) is 35.6 Å². The minimum Gasteiger partial charge on any atom is -0.299 e. The zero-order chi connectivity index (χ0) is 14.7. The molecule has 0 radical (unpaired) electrons. The Bertz CT molecular complexity index is 502. The number of Topliss-reactive ketones (excluding diaryl/α,β-unsaturated/α-hetero) is 1. The van der Waals surface area contributed by atoms with E-state index >= 15 is 0 Å². The van der Waals surface area contributed by atoms with E-state index in [4.69, 9.17) is 0 Å². The molecule has 114 valence electrons. The number of piperidine rings is 1. The number of ketones is 1. The van der Waals surface area contributed by atoms with Crippen LogP contribution in [0.4, 0.5) is 4.39 Å². The third kappa shape index (κ3) is 3.52. The molecule has 0 aromatic heterocycles. The molecule has 2 nitrogen and oxygen atoms in total. The van der Waals surface area contributed by atoms with Crippen LogP contribution < -0.4 is 0 Å². The number of carbonyl (C=O) groups excluding carboxylic acids is 1. The molecule has 2 fully saturated rings. The molecule has 2 atom stereocenters. The standard InChI is InChI=1S/C18H24FNO/c19-15-7-5-6-14(12-15)13-20-11-4-3-9-17(20)16-8-1-2-10-18(16)21/h5-7,12,16-17H,1-4,8-11,13H2. The highest BCUT2D eigenvalue weighted by Crippen LogP contribution is 2.32. The Kier molecular flexibility index (Phi) is 4.69. The number of rotatable bonds is 3. The van der Waals surface area contributed by atoms with E-state index < -0.39 is 0 Å². The van der Waals surface area contributed by atoms with E-state index in [0.29, 0.717) is 11.8 Å². The molecular weight excluding hydrogens is 265 g/mol. The van der Waals surface area contributed by atoms with Crippen LogP contribution in [-0.4, -0.2) is 23.3 Å². The maximum Gasteiger partial charge on any atom is 0.137 e. The Morgan fingerprint density at radius 3 is 2.81 bits per heavy atom. The Labute approximate surface area is 126 Å². The summed E-state index contributed by atoms with van der Waals surface area (Å²) in [5.74, 6) is 0.500. The Morgan fingerprint density at radius 1 is 1.14 bits per heavy atom. The fraction of sp³-hybridized carbons (Fsp3) is 0.611. The highest BCUT2D eigenvalue weighted by Gasteiger charge is 2.35. The summed E-state index contributed by atoms with van der Waals surface area (Å²) in [7, 11) is 0. The van der Waals surface area contributed by atoms with Gasteiger partial charge in [-0.05, 0) is 49.9 Å². The Balaban J connectivity index is 1.73. The van der Waals surface area contributed by atoms with Gasteiger partial charge in [0.25, 0.3) is 0 Å². The van der Waals surface area contributed by atoms with E-state index in [0.717, 1.165) is 44.3 Å². The first-order chi connectivity index (χ1) is 10.2. The van der Waals surface area contributed by atoms with Crippen molar-refractivity contribution in [3.63, 3.8) is 0 Å². The van der Waals surface area contributed by atoms with E-state index in [9.17, 15) is 9.18 Å². The Morgan fingerprint density at radius 2 is 2.00 bits per heavy atom. The Hall–Kier alpha value is -1.22. The summed E-state index contributed by atoms with van der Waals surface area (Å²) in [6.07, 6.45) is 7.57. The predicted octanol–water partition coefficient (Wildman–Crippen LogP) is 3.94. The number of benzene rings is 1. The molecule has 1 aromatic rings. The lowest BCUT2D eigenvalue weighted by molar-refractivity contribution is -0.127. The van der Waals surface area contributed by atoms with Crippen molar-refractivity contribution in [2.45, 2.75) is 57.5 Å². The molecule has 3 heteroatoms. The van der Waals surface area contributed by atoms with Crippen LogP contribution in [0, 0.1) is 11.7 Å². The molecule has 0 bridgehead atoms. The summed E-state index contributed by atoms with van der Waals surface area (Å²) in [6, 6.07) is 7.23. The van der Waals surface area contributed by atoms with Gasteiger partial charge in [0.05, 0.1) is 0 Å². The largest absolute Gasteiger partial charge is 0.299 e. The molecule has 2 unspecified atom stereocenters. The topological polar surface area (TPSA) is 20.3 Å². The first kappa shape index (κ1) is 14.7. The molecule has 0 amide bonds. The zero-order valence-electron chi connectivity index (χ0n) is 12.6. The molecule has 1 aliphatic carbocycles. The summed E-state index contributed by atoms with van der Waals surface area (Å²) < 4.78 is 13.4. The smallest absolute Gasteiger partial charge is 0.137 e. The minimum absolute atomic E-state index is 0.171. The molecular formula is C18H24FNO. The van der Waals surface area contributed by atoms with Gasteiger partial charge in [-0.15, -0.1) is 0 Å². The zero-order valence-corrected chi connectivity index (χ0v) is 12.6. The average molecular weight is 289 g/mol. The number of halogens is 1. The maximum absolute atomic E-state index is 13.4. The lowest BCUT2D eigenvalue weighted by Gasteiger charge is -2.41. The number of nitrogens with zero attached hydrogens (tertiary/aromatic N) is 1. The monoisotopic (exact) mass is 289 g/mol. The van der Waals surface area contributed by atoms with Crippen LogP contribution in [-0.2, 0) is 11.3 Å². The molecule has 21 heavy (non-hydrogen) atoms. The van der Waals surface area contributed by atoms with Crippen LogP contribution in [0.5, 0.6) is 0 Å². The summed E-state index contributed by atoms with van der Waals surface area (Å²) in [5, 5.41) is 0. The SMILES string of the molecule is O=C1CCCCC1C1CCCCN1Cc1cccc(F)c1. The van der Waals surface area contributed by atoms with E-state index in [2.05, 4.69) is 4.90 Å². The third-order valence-corrected chi connectivity index (χ3v) is 5.01. The fourth-order valence-corrected chi connectivity index (χ4v) is 3.96. The number of hydrogen-bond donors (Lipinski definition) is 0. The number of carbonyl (C=O) groups is 1. The lowest BCUT2D eigenvalue weighted by Crippen LogP contribution is -2.47. The first-order valence-electron chi connectivity index (χ1n) is 8.25. The second-order valence-electron chi connectivity index (χ2n) is 6.48. The normalized spacial score (nSPS) is 27.8. The van der Waals surface area contributed by atoms with Crippen molar-refractivity contribution in [1.29, 1.82) is 0 Å². The van der Waals surface area contributed by atoms with Gasteiger partial charge >= 0.3 is 0 Å². The van der Waals surface area contributed by atoms with E-state index in [-0.39, 0.29) is 11.7 Å². The molecule has 0 spiro atoms. The summed E-state index contributed by atoms with van der Waals surface area (Å²) in [5.41, 5.74) is 1.02. The molecule has 1 aromatic carbocycles. The van der Waals surface area contributed by atoms with Gasteiger partial charge in [-0.3, -0.25) is 9.69 Å². The van der Waals surface area contributed by atoms with Crippen LogP contribution in [0.25, 0.3) is 0 Å². The minimum atomic E-state index is -0.171. The summed E-state index contributed by atoms with van der Waals surface area (Å²) in [4.78, 5) is 14.7. The van der Waals surface area contributed by atoms with Crippen LogP contribution >= 0.6 is 0 Å². The third-order valence-electron chi connectivity index (χ3n) is 5.01. The highest BCUT2D eigenvalue weighted by molar-refractivity contribution is 5.82. The van der Waals surface area contributed by atoms with Gasteiger partial charge in [0.1, 0.15) is 11.6 Å². The van der Waals surface area contributed by atoms with Gasteiger partial charge in [-0.25, -0.2) is 4.39 Å². The quantitative estimate of drug-likeness (QED) is 0.840. The van der Waals surface area contributed by atoms with E-state index in [1.165, 1.54) is 25.3 Å². The van der Waals surface area contributed by atoms with Crippen LogP contribution in [0.2, 0.25) is 0 Å². The van der Waals surface area contributed by atoms with Gasteiger partial charge in [0.2, 0.25) is 0 Å². The maximum atomic E-state index is 13.4. The van der Waals surface area contributed by atoms with Crippen LogP contribution in [0.3, 0.4) is 0 Å². The van der Waals surface area contributed by atoms with Gasteiger partial charge in [-0.1, -0.05) is 25.0 Å². The van der Waals surface area contributed by atoms with E-state index in [1.807, 2.05) is 6.07 Å². The molecule has 1 saturated heterocycles. The van der Waals surface area contributed by atoms with Gasteiger partial charge in [-0.2, -0.15) is 0 Å². The highest BCUT2D eigenvalue weighted by atomic mass is 19.1. The fourth-order valence-electron chi connectivity index (χ4n) is 3.96. The molecule has 1 aliphatic heterocycles. The van der Waals surface area contributed by atoms with Gasteiger partial charge in [0.15, 0.2) is 0 Å². The van der Waals surface area contributed by atoms with Gasteiger partial charge < -0.3 is 0 Å². The van der Waals surface area contributed by atoms with Crippen molar-refractivity contribution in [3.8, 4) is 0 Å².